The Labute approximate surface area is 112 Å². The molecule has 0 heterocycles. The summed E-state index contributed by atoms with van der Waals surface area (Å²) in [7, 11) is 0. The number of ether oxygens (including phenoxy) is 1. The van der Waals surface area contributed by atoms with Crippen molar-refractivity contribution in [2.45, 2.75) is 27.7 Å². The molecule has 0 radical (unpaired) electrons. The smallest absolute Gasteiger partial charge is 0.167 e. The fourth-order valence-electron chi connectivity index (χ4n) is 1.63. The summed E-state index contributed by atoms with van der Waals surface area (Å²) in [5.41, 5.74) is 1.41. The molecule has 1 aromatic carbocycles. The van der Waals surface area contributed by atoms with Crippen LogP contribution in [0.2, 0.25) is 0 Å². The number of ketones is 2. The van der Waals surface area contributed by atoms with Crippen molar-refractivity contribution in [1.82, 2.24) is 0 Å². The quantitative estimate of drug-likeness (QED) is 0.654. The minimum absolute atomic E-state index is 0.0508. The maximum absolute atomic E-state index is 11.6. The van der Waals surface area contributed by atoms with Crippen LogP contribution in [-0.4, -0.2) is 23.3 Å². The van der Waals surface area contributed by atoms with Gasteiger partial charge in [-0.25, -0.2) is 0 Å². The van der Waals surface area contributed by atoms with Crippen LogP contribution in [-0.2, 0) is 0 Å². The summed E-state index contributed by atoms with van der Waals surface area (Å²) in [6.45, 7) is 6.80. The molecular formula is C15H18O4. The molecule has 0 amide bonds. The molecule has 0 fully saturated rings. The van der Waals surface area contributed by atoms with Gasteiger partial charge in [0.25, 0.3) is 0 Å². The maximum Gasteiger partial charge on any atom is 0.167 e. The number of phenolic OH excluding ortho intramolecular Hbond substituents is 1. The zero-order valence-electron chi connectivity index (χ0n) is 11.6. The molecule has 0 spiro atoms. The zero-order chi connectivity index (χ0) is 14.6. The molecule has 0 bridgehead atoms. The first-order valence-electron chi connectivity index (χ1n) is 5.98. The molecule has 0 atom stereocenters. The van der Waals surface area contributed by atoms with E-state index in [1.807, 2.05) is 19.9 Å². The fraction of sp³-hybridized carbons (Fsp3) is 0.333. The third-order valence-corrected chi connectivity index (χ3v) is 2.59. The van der Waals surface area contributed by atoms with E-state index < -0.39 is 0 Å². The average molecular weight is 262 g/mol. The van der Waals surface area contributed by atoms with E-state index in [2.05, 4.69) is 0 Å². The molecule has 4 nitrogen and oxygen atoms in total. The number of hydrogen-bond donors (Lipinski definition) is 1. The summed E-state index contributed by atoms with van der Waals surface area (Å²) < 4.78 is 5.50. The second-order valence-electron chi connectivity index (χ2n) is 4.54. The molecular weight excluding hydrogens is 244 g/mol. The van der Waals surface area contributed by atoms with Gasteiger partial charge in [-0.2, -0.15) is 0 Å². The van der Waals surface area contributed by atoms with Crippen LogP contribution in [0.15, 0.2) is 23.8 Å². The van der Waals surface area contributed by atoms with Crippen LogP contribution in [0.3, 0.4) is 0 Å². The standard InChI is InChI=1S/C15H18O4/c1-9(2)7-8-19-15-12(10(3)16)5-6-13(18)14(15)11(4)17/h5-7,18H,8H2,1-4H3. The Kier molecular flexibility index (Phi) is 4.87. The highest BCUT2D eigenvalue weighted by Crippen LogP contribution is 2.32. The lowest BCUT2D eigenvalue weighted by molar-refractivity contribution is 0.101. The monoisotopic (exact) mass is 262 g/mol. The summed E-state index contributed by atoms with van der Waals surface area (Å²) in [4.78, 5) is 23.2. The number of rotatable bonds is 5. The Bertz CT molecular complexity index is 537. The summed E-state index contributed by atoms with van der Waals surface area (Å²) in [5.74, 6) is -0.579. The highest BCUT2D eigenvalue weighted by molar-refractivity contribution is 6.05. The van der Waals surface area contributed by atoms with Gasteiger partial charge in [-0.05, 0) is 45.9 Å². The van der Waals surface area contributed by atoms with E-state index in [-0.39, 0.29) is 35.2 Å². The van der Waals surface area contributed by atoms with Crippen molar-refractivity contribution in [3.05, 3.63) is 34.9 Å². The van der Waals surface area contributed by atoms with Crippen molar-refractivity contribution < 1.29 is 19.4 Å². The van der Waals surface area contributed by atoms with Gasteiger partial charge >= 0.3 is 0 Å². The van der Waals surface area contributed by atoms with E-state index in [4.69, 9.17) is 4.74 Å². The molecule has 0 unspecified atom stereocenters. The van der Waals surface area contributed by atoms with E-state index in [1.165, 1.54) is 26.0 Å². The fourth-order valence-corrected chi connectivity index (χ4v) is 1.63. The molecule has 0 saturated heterocycles. The maximum atomic E-state index is 11.6. The lowest BCUT2D eigenvalue weighted by Crippen LogP contribution is -2.07. The molecule has 4 heteroatoms. The predicted molar refractivity (Wildman–Crippen MR) is 73.0 cm³/mol. The largest absolute Gasteiger partial charge is 0.507 e. The van der Waals surface area contributed by atoms with E-state index in [0.29, 0.717) is 5.56 Å². The Hall–Kier alpha value is -2.10. The Morgan fingerprint density at radius 2 is 1.79 bits per heavy atom. The second kappa shape index (κ2) is 6.18. The number of carbonyl (C=O) groups excluding carboxylic acids is 2. The number of benzene rings is 1. The van der Waals surface area contributed by atoms with Gasteiger partial charge in [0.15, 0.2) is 11.6 Å². The molecule has 1 rings (SSSR count). The summed E-state index contributed by atoms with van der Waals surface area (Å²) in [6, 6.07) is 2.79. The van der Waals surface area contributed by atoms with Crippen LogP contribution in [0.5, 0.6) is 11.5 Å². The van der Waals surface area contributed by atoms with Crippen molar-refractivity contribution in [1.29, 1.82) is 0 Å². The van der Waals surface area contributed by atoms with Crippen LogP contribution >= 0.6 is 0 Å². The van der Waals surface area contributed by atoms with Crippen molar-refractivity contribution in [2.24, 2.45) is 0 Å². The normalized spacial score (nSPS) is 9.89. The minimum Gasteiger partial charge on any atom is -0.507 e. The van der Waals surface area contributed by atoms with E-state index >= 15 is 0 Å². The second-order valence-corrected chi connectivity index (χ2v) is 4.54. The Morgan fingerprint density at radius 1 is 1.16 bits per heavy atom. The van der Waals surface area contributed by atoms with Gasteiger partial charge in [-0.1, -0.05) is 5.57 Å². The van der Waals surface area contributed by atoms with Crippen LogP contribution in [0.25, 0.3) is 0 Å². The molecule has 0 aliphatic heterocycles. The molecule has 19 heavy (non-hydrogen) atoms. The van der Waals surface area contributed by atoms with Crippen LogP contribution in [0, 0.1) is 0 Å². The topological polar surface area (TPSA) is 63.6 Å². The van der Waals surface area contributed by atoms with Gasteiger partial charge in [0.05, 0.1) is 5.56 Å². The third kappa shape index (κ3) is 3.68. The van der Waals surface area contributed by atoms with Gasteiger partial charge in [0.2, 0.25) is 0 Å². The molecule has 0 saturated carbocycles. The average Bonchev–Trinajstić information content (AvgIpc) is 2.27. The number of phenols is 1. The number of Topliss-reactive ketones (excluding diaryl/α,β-unsaturated/α-hetero) is 2. The predicted octanol–water partition coefficient (Wildman–Crippen LogP) is 3.14. The number of allylic oxidation sites excluding steroid dienone is 1. The Morgan fingerprint density at radius 3 is 2.26 bits per heavy atom. The third-order valence-electron chi connectivity index (χ3n) is 2.59. The van der Waals surface area contributed by atoms with Gasteiger partial charge in [-0.15, -0.1) is 0 Å². The van der Waals surface area contributed by atoms with Crippen molar-refractivity contribution in [3.63, 3.8) is 0 Å². The lowest BCUT2D eigenvalue weighted by Gasteiger charge is -2.13. The first kappa shape index (κ1) is 15.0. The zero-order valence-corrected chi connectivity index (χ0v) is 11.6. The first-order chi connectivity index (χ1) is 8.84. The molecule has 1 aromatic rings. The Balaban J connectivity index is 3.29. The van der Waals surface area contributed by atoms with Gasteiger partial charge in [0, 0.05) is 0 Å². The van der Waals surface area contributed by atoms with Crippen LogP contribution < -0.4 is 4.74 Å². The van der Waals surface area contributed by atoms with Crippen molar-refractivity contribution >= 4 is 11.6 Å². The molecule has 0 aliphatic carbocycles. The summed E-state index contributed by atoms with van der Waals surface area (Å²) >= 11 is 0. The number of aromatic hydroxyl groups is 1. The van der Waals surface area contributed by atoms with Crippen molar-refractivity contribution in [2.75, 3.05) is 6.61 Å². The first-order valence-corrected chi connectivity index (χ1v) is 5.98. The SMILES string of the molecule is CC(=O)c1ccc(O)c(C(C)=O)c1OCC=C(C)C. The van der Waals surface area contributed by atoms with Crippen LogP contribution in [0.4, 0.5) is 0 Å². The number of carbonyl (C=O) groups is 2. The highest BCUT2D eigenvalue weighted by atomic mass is 16.5. The molecule has 1 N–H and O–H groups in total. The summed E-state index contributed by atoms with van der Waals surface area (Å²) in [6.07, 6.45) is 1.83. The van der Waals surface area contributed by atoms with Gasteiger partial charge < -0.3 is 9.84 Å². The lowest BCUT2D eigenvalue weighted by atomic mass is 10.0. The van der Waals surface area contributed by atoms with E-state index in [0.717, 1.165) is 5.57 Å². The van der Waals surface area contributed by atoms with Crippen LogP contribution in [0.1, 0.15) is 48.4 Å². The van der Waals surface area contributed by atoms with E-state index in [9.17, 15) is 14.7 Å². The molecule has 0 aromatic heterocycles. The molecule has 0 aliphatic rings. The number of hydrogen-bond acceptors (Lipinski definition) is 4. The van der Waals surface area contributed by atoms with Gasteiger partial charge in [-0.3, -0.25) is 9.59 Å². The van der Waals surface area contributed by atoms with Gasteiger partial charge in [0.1, 0.15) is 23.7 Å². The molecule has 102 valence electrons. The summed E-state index contributed by atoms with van der Waals surface area (Å²) in [5, 5.41) is 9.75. The highest BCUT2D eigenvalue weighted by Gasteiger charge is 2.20. The minimum atomic E-state index is -0.340. The van der Waals surface area contributed by atoms with E-state index in [1.54, 1.807) is 0 Å². The van der Waals surface area contributed by atoms with Crippen molar-refractivity contribution in [3.8, 4) is 11.5 Å².